The first-order valence-electron chi connectivity index (χ1n) is 8.30. The Balaban J connectivity index is 1.82. The predicted octanol–water partition coefficient (Wildman–Crippen LogP) is 3.28. The summed E-state index contributed by atoms with van der Waals surface area (Å²) in [7, 11) is 1.61. The van der Waals surface area contributed by atoms with E-state index in [0.717, 1.165) is 16.9 Å². The molecule has 2 aromatic carbocycles. The number of halogens is 2. The van der Waals surface area contributed by atoms with Gasteiger partial charge in [0.1, 0.15) is 12.3 Å². The number of methoxy groups -OCH3 is 1. The van der Waals surface area contributed by atoms with Crippen molar-refractivity contribution in [1.29, 1.82) is 0 Å². The van der Waals surface area contributed by atoms with E-state index in [2.05, 4.69) is 15.6 Å². The van der Waals surface area contributed by atoms with Gasteiger partial charge in [-0.2, -0.15) is 0 Å². The van der Waals surface area contributed by atoms with Gasteiger partial charge in [-0.15, -0.1) is 0 Å². The molecule has 4 N–H and O–H groups in total. The normalized spacial score (nSPS) is 12.4. The van der Waals surface area contributed by atoms with Gasteiger partial charge < -0.3 is 21.1 Å². The summed E-state index contributed by atoms with van der Waals surface area (Å²) in [5.74, 6) is 0.698. The number of carbonyl (C=O) groups is 1. The SMILES string of the molecule is COc1ccc(CNC(=O)CN=C(N)NC(C)c2ccc(Cl)cc2Cl)cc1. The molecule has 6 nitrogen and oxygen atoms in total. The van der Waals surface area contributed by atoms with E-state index in [9.17, 15) is 4.79 Å². The maximum absolute atomic E-state index is 11.9. The van der Waals surface area contributed by atoms with E-state index in [-0.39, 0.29) is 24.5 Å². The minimum Gasteiger partial charge on any atom is -0.497 e. The molecule has 0 heterocycles. The molecule has 0 radical (unpaired) electrons. The number of hydrogen-bond donors (Lipinski definition) is 3. The highest BCUT2D eigenvalue weighted by Crippen LogP contribution is 2.25. The summed E-state index contributed by atoms with van der Waals surface area (Å²) in [5.41, 5.74) is 7.65. The lowest BCUT2D eigenvalue weighted by atomic mass is 10.1. The summed E-state index contributed by atoms with van der Waals surface area (Å²) in [5, 5.41) is 6.89. The van der Waals surface area contributed by atoms with E-state index in [4.69, 9.17) is 33.7 Å². The van der Waals surface area contributed by atoms with Gasteiger partial charge in [0.05, 0.1) is 13.2 Å². The fourth-order valence-corrected chi connectivity index (χ4v) is 2.93. The average molecular weight is 409 g/mol. The largest absolute Gasteiger partial charge is 0.497 e. The number of carbonyl (C=O) groups excluding carboxylic acids is 1. The third-order valence-electron chi connectivity index (χ3n) is 3.84. The van der Waals surface area contributed by atoms with E-state index in [1.54, 1.807) is 19.2 Å². The molecule has 1 unspecified atom stereocenters. The number of amides is 1. The Bertz CT molecular complexity index is 810. The molecule has 8 heteroatoms. The van der Waals surface area contributed by atoms with Gasteiger partial charge in [0.25, 0.3) is 0 Å². The first kappa shape index (κ1) is 20.9. The first-order valence-corrected chi connectivity index (χ1v) is 9.05. The smallest absolute Gasteiger partial charge is 0.242 e. The second-order valence-corrected chi connectivity index (χ2v) is 6.70. The Morgan fingerprint density at radius 3 is 2.56 bits per heavy atom. The summed E-state index contributed by atoms with van der Waals surface area (Å²) < 4.78 is 5.10. The molecule has 0 spiro atoms. The zero-order valence-electron chi connectivity index (χ0n) is 15.1. The highest BCUT2D eigenvalue weighted by molar-refractivity contribution is 6.35. The van der Waals surface area contributed by atoms with Crippen molar-refractivity contribution in [3.63, 3.8) is 0 Å². The standard InChI is InChI=1S/C19H22Cl2N4O2/c1-12(16-8-5-14(20)9-17(16)21)25-19(22)24-11-18(26)23-10-13-3-6-15(27-2)7-4-13/h3-9,12H,10-11H2,1-2H3,(H,23,26)(H3,22,24,25). The van der Waals surface area contributed by atoms with Crippen LogP contribution in [0.25, 0.3) is 0 Å². The molecule has 0 saturated heterocycles. The van der Waals surface area contributed by atoms with Crippen molar-refractivity contribution in [3.8, 4) is 5.75 Å². The van der Waals surface area contributed by atoms with Gasteiger partial charge in [0, 0.05) is 16.6 Å². The van der Waals surface area contributed by atoms with Crippen LogP contribution in [-0.2, 0) is 11.3 Å². The lowest BCUT2D eigenvalue weighted by molar-refractivity contribution is -0.119. The quantitative estimate of drug-likeness (QED) is 0.484. The predicted molar refractivity (Wildman–Crippen MR) is 109 cm³/mol. The molecule has 1 amide bonds. The maximum atomic E-state index is 11.9. The molecule has 0 aliphatic heterocycles. The molecule has 144 valence electrons. The van der Waals surface area contributed by atoms with Crippen LogP contribution in [-0.4, -0.2) is 25.5 Å². The summed E-state index contributed by atoms with van der Waals surface area (Å²) in [6.45, 7) is 2.22. The van der Waals surface area contributed by atoms with Crippen molar-refractivity contribution in [2.45, 2.75) is 19.5 Å². The van der Waals surface area contributed by atoms with Crippen LogP contribution in [0.4, 0.5) is 0 Å². The minimum atomic E-state index is -0.229. The van der Waals surface area contributed by atoms with Gasteiger partial charge in [-0.05, 0) is 42.3 Å². The fraction of sp³-hybridized carbons (Fsp3) is 0.263. The van der Waals surface area contributed by atoms with E-state index in [0.29, 0.717) is 16.6 Å². The van der Waals surface area contributed by atoms with Crippen LogP contribution in [0.5, 0.6) is 5.75 Å². The number of guanidine groups is 1. The Hall–Kier alpha value is -2.44. The second kappa shape index (κ2) is 10.0. The molecule has 0 fully saturated rings. The molecule has 0 bridgehead atoms. The Labute approximate surface area is 168 Å². The molecule has 27 heavy (non-hydrogen) atoms. The number of aliphatic imine (C=N–C) groups is 1. The van der Waals surface area contributed by atoms with Crippen LogP contribution in [0.2, 0.25) is 10.0 Å². The average Bonchev–Trinajstić information content (AvgIpc) is 2.65. The lowest BCUT2D eigenvalue weighted by Gasteiger charge is -2.16. The van der Waals surface area contributed by atoms with E-state index in [1.165, 1.54) is 0 Å². The van der Waals surface area contributed by atoms with Crippen LogP contribution in [0.1, 0.15) is 24.1 Å². The topological polar surface area (TPSA) is 88.7 Å². The Kier molecular flexibility index (Phi) is 7.76. The van der Waals surface area contributed by atoms with E-state index in [1.807, 2.05) is 37.3 Å². The summed E-state index contributed by atoms with van der Waals surface area (Å²) in [4.78, 5) is 16.0. The molecule has 0 aliphatic rings. The second-order valence-electron chi connectivity index (χ2n) is 5.86. The van der Waals surface area contributed by atoms with Crippen LogP contribution in [0.3, 0.4) is 0 Å². The fourth-order valence-electron chi connectivity index (χ4n) is 2.35. The minimum absolute atomic E-state index is 0.0734. The number of nitrogens with two attached hydrogens (primary N) is 1. The van der Waals surface area contributed by atoms with E-state index >= 15 is 0 Å². The molecule has 0 aromatic heterocycles. The molecule has 0 aliphatic carbocycles. The van der Waals surface area contributed by atoms with Gasteiger partial charge in [-0.3, -0.25) is 4.79 Å². The van der Waals surface area contributed by atoms with Crippen LogP contribution < -0.4 is 21.1 Å². The highest BCUT2D eigenvalue weighted by atomic mass is 35.5. The molecule has 0 saturated carbocycles. The van der Waals surface area contributed by atoms with Crippen LogP contribution in [0.15, 0.2) is 47.5 Å². The Morgan fingerprint density at radius 1 is 1.22 bits per heavy atom. The van der Waals surface area contributed by atoms with E-state index < -0.39 is 0 Å². The highest BCUT2D eigenvalue weighted by Gasteiger charge is 2.11. The monoisotopic (exact) mass is 408 g/mol. The molecular formula is C19H22Cl2N4O2. The molecule has 2 aromatic rings. The zero-order valence-corrected chi connectivity index (χ0v) is 16.6. The number of hydrogen-bond acceptors (Lipinski definition) is 3. The third-order valence-corrected chi connectivity index (χ3v) is 4.40. The van der Waals surface area contributed by atoms with Crippen molar-refractivity contribution in [3.05, 3.63) is 63.6 Å². The number of nitrogens with one attached hydrogen (secondary N) is 2. The van der Waals surface area contributed by atoms with Gasteiger partial charge in [0.2, 0.25) is 5.91 Å². The van der Waals surface area contributed by atoms with Crippen molar-refractivity contribution >= 4 is 35.1 Å². The van der Waals surface area contributed by atoms with Gasteiger partial charge >= 0.3 is 0 Å². The van der Waals surface area contributed by atoms with Gasteiger partial charge in [-0.1, -0.05) is 41.4 Å². The number of benzene rings is 2. The molecule has 2 rings (SSSR count). The number of nitrogens with zero attached hydrogens (tertiary/aromatic N) is 1. The van der Waals surface area contributed by atoms with Crippen LogP contribution in [0, 0.1) is 0 Å². The zero-order chi connectivity index (χ0) is 19.8. The lowest BCUT2D eigenvalue weighted by Crippen LogP contribution is -2.35. The van der Waals surface area contributed by atoms with Crippen molar-refractivity contribution in [2.24, 2.45) is 10.7 Å². The molecule has 1 atom stereocenters. The van der Waals surface area contributed by atoms with Crippen LogP contribution >= 0.6 is 23.2 Å². The van der Waals surface area contributed by atoms with Crippen molar-refractivity contribution in [2.75, 3.05) is 13.7 Å². The third kappa shape index (κ3) is 6.66. The van der Waals surface area contributed by atoms with Gasteiger partial charge in [-0.25, -0.2) is 4.99 Å². The van der Waals surface area contributed by atoms with Crippen molar-refractivity contribution < 1.29 is 9.53 Å². The molecular weight excluding hydrogens is 387 g/mol. The number of ether oxygens (including phenoxy) is 1. The van der Waals surface area contributed by atoms with Crippen molar-refractivity contribution in [1.82, 2.24) is 10.6 Å². The summed E-state index contributed by atoms with van der Waals surface area (Å²) >= 11 is 12.1. The summed E-state index contributed by atoms with van der Waals surface area (Å²) in [6.07, 6.45) is 0. The maximum Gasteiger partial charge on any atom is 0.242 e. The van der Waals surface area contributed by atoms with Gasteiger partial charge in [0.15, 0.2) is 5.96 Å². The number of rotatable bonds is 7. The summed E-state index contributed by atoms with van der Waals surface area (Å²) in [6, 6.07) is 12.5. The Morgan fingerprint density at radius 2 is 1.93 bits per heavy atom. The first-order chi connectivity index (χ1) is 12.9.